The van der Waals surface area contributed by atoms with Crippen LogP contribution in [0.5, 0.6) is 5.75 Å². The van der Waals surface area contributed by atoms with Gasteiger partial charge in [0, 0.05) is 11.0 Å². The molecule has 0 radical (unpaired) electrons. The molecule has 0 aliphatic carbocycles. The summed E-state index contributed by atoms with van der Waals surface area (Å²) in [6.45, 7) is 6.89. The van der Waals surface area contributed by atoms with Crippen LogP contribution in [0.15, 0.2) is 28.7 Å². The van der Waals surface area contributed by atoms with E-state index < -0.39 is 0 Å². The van der Waals surface area contributed by atoms with Gasteiger partial charge in [-0.1, -0.05) is 6.07 Å². The number of hydrogen-bond acceptors (Lipinski definition) is 3. The van der Waals surface area contributed by atoms with E-state index in [9.17, 15) is 0 Å². The standard InChI is InChI=1S/C16H19BrN2O/c1-10-8-15(20-4)11(2)7-13(10)9-18-16-6-5-14(17)12(3)19-16/h5-8H,9H2,1-4H3,(H,18,19). The Bertz CT molecular complexity index is 626. The zero-order chi connectivity index (χ0) is 14.7. The predicted octanol–water partition coefficient (Wildman–Crippen LogP) is 4.39. The van der Waals surface area contributed by atoms with Gasteiger partial charge in [0.05, 0.1) is 12.8 Å². The van der Waals surface area contributed by atoms with Crippen LogP contribution in [0.1, 0.15) is 22.4 Å². The van der Waals surface area contributed by atoms with Gasteiger partial charge >= 0.3 is 0 Å². The summed E-state index contributed by atoms with van der Waals surface area (Å²) < 4.78 is 6.36. The molecular formula is C16H19BrN2O. The maximum atomic E-state index is 5.33. The van der Waals surface area contributed by atoms with Crippen LogP contribution in [-0.2, 0) is 6.54 Å². The van der Waals surface area contributed by atoms with Gasteiger partial charge in [-0.2, -0.15) is 0 Å². The molecule has 0 fully saturated rings. The number of nitrogens with one attached hydrogen (secondary N) is 1. The molecule has 4 heteroatoms. The summed E-state index contributed by atoms with van der Waals surface area (Å²) >= 11 is 3.46. The number of nitrogens with zero attached hydrogens (tertiary/aromatic N) is 1. The maximum absolute atomic E-state index is 5.33. The van der Waals surface area contributed by atoms with Crippen molar-refractivity contribution in [1.82, 2.24) is 4.98 Å². The highest BCUT2D eigenvalue weighted by atomic mass is 79.9. The Labute approximate surface area is 128 Å². The fourth-order valence-electron chi connectivity index (χ4n) is 2.09. The summed E-state index contributed by atoms with van der Waals surface area (Å²) in [5.74, 6) is 1.82. The van der Waals surface area contributed by atoms with Gasteiger partial charge in [0.25, 0.3) is 0 Å². The second-order valence-electron chi connectivity index (χ2n) is 4.87. The van der Waals surface area contributed by atoms with E-state index in [0.29, 0.717) is 0 Å². The first-order valence-corrected chi connectivity index (χ1v) is 7.31. The molecular weight excluding hydrogens is 316 g/mol. The van der Waals surface area contributed by atoms with E-state index in [2.05, 4.69) is 52.2 Å². The van der Waals surface area contributed by atoms with Crippen molar-refractivity contribution < 1.29 is 4.74 Å². The molecule has 0 atom stereocenters. The molecule has 1 N–H and O–H groups in total. The van der Waals surface area contributed by atoms with Crippen LogP contribution < -0.4 is 10.1 Å². The zero-order valence-electron chi connectivity index (χ0n) is 12.2. The third kappa shape index (κ3) is 3.31. The fraction of sp³-hybridized carbons (Fsp3) is 0.312. The summed E-state index contributed by atoms with van der Waals surface area (Å²) in [7, 11) is 1.70. The smallest absolute Gasteiger partial charge is 0.126 e. The predicted molar refractivity (Wildman–Crippen MR) is 86.5 cm³/mol. The lowest BCUT2D eigenvalue weighted by Crippen LogP contribution is -2.04. The topological polar surface area (TPSA) is 34.1 Å². The van der Waals surface area contributed by atoms with Crippen LogP contribution in [0, 0.1) is 20.8 Å². The summed E-state index contributed by atoms with van der Waals surface area (Å²) in [5.41, 5.74) is 4.60. The minimum atomic E-state index is 0.755. The SMILES string of the molecule is COc1cc(C)c(CNc2ccc(Br)c(C)n2)cc1C. The molecule has 0 amide bonds. The first-order chi connectivity index (χ1) is 9.51. The van der Waals surface area contributed by atoms with Gasteiger partial charge in [0.2, 0.25) is 0 Å². The van der Waals surface area contributed by atoms with E-state index in [0.717, 1.165) is 33.8 Å². The van der Waals surface area contributed by atoms with Crippen molar-refractivity contribution >= 4 is 21.7 Å². The van der Waals surface area contributed by atoms with E-state index in [-0.39, 0.29) is 0 Å². The third-order valence-electron chi connectivity index (χ3n) is 3.33. The highest BCUT2D eigenvalue weighted by Gasteiger charge is 2.05. The molecule has 2 aromatic rings. The lowest BCUT2D eigenvalue weighted by atomic mass is 10.0. The second kappa shape index (κ2) is 6.27. The Balaban J connectivity index is 2.14. The molecule has 1 aromatic heterocycles. The number of benzene rings is 1. The molecule has 1 aromatic carbocycles. The number of aryl methyl sites for hydroxylation is 3. The molecule has 0 saturated heterocycles. The molecule has 0 bridgehead atoms. The monoisotopic (exact) mass is 334 g/mol. The van der Waals surface area contributed by atoms with Crippen molar-refractivity contribution in [3.8, 4) is 5.75 Å². The number of aromatic nitrogens is 1. The van der Waals surface area contributed by atoms with Crippen molar-refractivity contribution in [2.45, 2.75) is 27.3 Å². The Hall–Kier alpha value is -1.55. The number of hydrogen-bond donors (Lipinski definition) is 1. The van der Waals surface area contributed by atoms with E-state index in [1.165, 1.54) is 11.1 Å². The second-order valence-corrected chi connectivity index (χ2v) is 5.72. The molecule has 0 spiro atoms. The first kappa shape index (κ1) is 14.9. The molecule has 1 heterocycles. The number of rotatable bonds is 4. The molecule has 20 heavy (non-hydrogen) atoms. The van der Waals surface area contributed by atoms with Crippen LogP contribution in [0.3, 0.4) is 0 Å². The van der Waals surface area contributed by atoms with Crippen LogP contribution >= 0.6 is 15.9 Å². The molecule has 0 aliphatic heterocycles. The average molecular weight is 335 g/mol. The van der Waals surface area contributed by atoms with Crippen LogP contribution in [0.4, 0.5) is 5.82 Å². The van der Waals surface area contributed by atoms with Gasteiger partial charge in [0.15, 0.2) is 0 Å². The molecule has 2 rings (SSSR count). The summed E-state index contributed by atoms with van der Waals surface area (Å²) in [5, 5.41) is 3.36. The normalized spacial score (nSPS) is 10.4. The van der Waals surface area contributed by atoms with Crippen molar-refractivity contribution in [3.05, 3.63) is 51.1 Å². The quantitative estimate of drug-likeness (QED) is 0.900. The average Bonchev–Trinajstić information content (AvgIpc) is 2.43. The number of anilines is 1. The molecule has 3 nitrogen and oxygen atoms in total. The van der Waals surface area contributed by atoms with Gasteiger partial charge in [0.1, 0.15) is 11.6 Å². The van der Waals surface area contributed by atoms with Crippen LogP contribution in [-0.4, -0.2) is 12.1 Å². The van der Waals surface area contributed by atoms with Gasteiger partial charge in [-0.25, -0.2) is 4.98 Å². The Kier molecular flexibility index (Phi) is 4.65. The Morgan fingerprint density at radius 3 is 2.55 bits per heavy atom. The highest BCUT2D eigenvalue weighted by Crippen LogP contribution is 2.23. The van der Waals surface area contributed by atoms with E-state index in [1.807, 2.05) is 19.1 Å². The van der Waals surface area contributed by atoms with Crippen molar-refractivity contribution in [3.63, 3.8) is 0 Å². The molecule has 0 saturated carbocycles. The number of halogens is 1. The minimum absolute atomic E-state index is 0.755. The third-order valence-corrected chi connectivity index (χ3v) is 4.17. The lowest BCUT2D eigenvalue weighted by molar-refractivity contribution is 0.411. The van der Waals surface area contributed by atoms with Crippen LogP contribution in [0.25, 0.3) is 0 Å². The Morgan fingerprint density at radius 1 is 1.15 bits per heavy atom. The van der Waals surface area contributed by atoms with Crippen molar-refractivity contribution in [2.24, 2.45) is 0 Å². The molecule has 0 aliphatic rings. The minimum Gasteiger partial charge on any atom is -0.496 e. The number of methoxy groups -OCH3 is 1. The van der Waals surface area contributed by atoms with Gasteiger partial charge in [-0.05, 0) is 71.6 Å². The Morgan fingerprint density at radius 2 is 1.90 bits per heavy atom. The number of ether oxygens (including phenoxy) is 1. The fourth-order valence-corrected chi connectivity index (χ4v) is 2.31. The highest BCUT2D eigenvalue weighted by molar-refractivity contribution is 9.10. The maximum Gasteiger partial charge on any atom is 0.126 e. The summed E-state index contributed by atoms with van der Waals surface area (Å²) in [6, 6.07) is 8.22. The van der Waals surface area contributed by atoms with E-state index in [1.54, 1.807) is 7.11 Å². The summed E-state index contributed by atoms with van der Waals surface area (Å²) in [6.07, 6.45) is 0. The van der Waals surface area contributed by atoms with Gasteiger partial charge in [-0.3, -0.25) is 0 Å². The van der Waals surface area contributed by atoms with Crippen molar-refractivity contribution in [1.29, 1.82) is 0 Å². The van der Waals surface area contributed by atoms with Crippen molar-refractivity contribution in [2.75, 3.05) is 12.4 Å². The largest absolute Gasteiger partial charge is 0.496 e. The zero-order valence-corrected chi connectivity index (χ0v) is 13.8. The van der Waals surface area contributed by atoms with Gasteiger partial charge < -0.3 is 10.1 Å². The lowest BCUT2D eigenvalue weighted by Gasteiger charge is -2.13. The van der Waals surface area contributed by atoms with Gasteiger partial charge in [-0.15, -0.1) is 0 Å². The summed E-state index contributed by atoms with van der Waals surface area (Å²) in [4.78, 5) is 4.49. The van der Waals surface area contributed by atoms with Crippen LogP contribution in [0.2, 0.25) is 0 Å². The number of pyridine rings is 1. The van der Waals surface area contributed by atoms with E-state index in [4.69, 9.17) is 4.74 Å². The van der Waals surface area contributed by atoms with E-state index >= 15 is 0 Å². The first-order valence-electron chi connectivity index (χ1n) is 6.52. The molecule has 0 unspecified atom stereocenters. The molecule has 106 valence electrons.